The van der Waals surface area contributed by atoms with Crippen molar-refractivity contribution in [3.63, 3.8) is 0 Å². The molecule has 0 atom stereocenters. The van der Waals surface area contributed by atoms with Crippen LogP contribution < -0.4 is 0 Å². The van der Waals surface area contributed by atoms with Crippen LogP contribution in [-0.4, -0.2) is 16.0 Å². The van der Waals surface area contributed by atoms with Gasteiger partial charge >= 0.3 is 0 Å². The van der Waals surface area contributed by atoms with Gasteiger partial charge in [-0.1, -0.05) is 48.5 Å². The van der Waals surface area contributed by atoms with E-state index in [9.17, 15) is 9.59 Å². The maximum Gasteiger partial charge on any atom is 0.293 e. The number of hydrogen-bond acceptors (Lipinski definition) is 4. The van der Waals surface area contributed by atoms with Crippen molar-refractivity contribution < 1.29 is 9.59 Å². The van der Waals surface area contributed by atoms with E-state index in [0.29, 0.717) is 16.0 Å². The van der Waals surface area contributed by atoms with Crippen molar-refractivity contribution in [1.29, 1.82) is 5.26 Å². The minimum absolute atomic E-state index is 0.112. The molecule has 0 unspecified atom stereocenters. The lowest BCUT2D eigenvalue weighted by Gasteiger charge is -2.13. The summed E-state index contributed by atoms with van der Waals surface area (Å²) in [7, 11) is 0. The molecule has 112 valence electrons. The molecule has 0 saturated carbocycles. The zero-order valence-corrected chi connectivity index (χ0v) is 12.9. The SMILES string of the molecule is N#Cc1ccccc1CN1C(=O)S/C(=C/c2ccccc2)C1=O. The first-order valence-corrected chi connectivity index (χ1v) is 7.79. The van der Waals surface area contributed by atoms with E-state index >= 15 is 0 Å². The number of thioether (sulfide) groups is 1. The summed E-state index contributed by atoms with van der Waals surface area (Å²) in [5.41, 5.74) is 2.01. The molecule has 3 rings (SSSR count). The average Bonchev–Trinajstić information content (AvgIpc) is 2.84. The van der Waals surface area contributed by atoms with E-state index in [-0.39, 0.29) is 17.7 Å². The molecule has 0 aliphatic carbocycles. The Morgan fingerprint density at radius 2 is 1.74 bits per heavy atom. The standard InChI is InChI=1S/C18H12N2O2S/c19-11-14-8-4-5-9-15(14)12-20-17(21)16(23-18(20)22)10-13-6-2-1-3-7-13/h1-10H,12H2/b16-10+. The highest BCUT2D eigenvalue weighted by Crippen LogP contribution is 2.33. The first kappa shape index (κ1) is 15.1. The first-order chi connectivity index (χ1) is 11.2. The number of imide groups is 1. The van der Waals surface area contributed by atoms with Crippen LogP contribution >= 0.6 is 11.8 Å². The second kappa shape index (κ2) is 6.51. The number of nitriles is 1. The monoisotopic (exact) mass is 320 g/mol. The molecule has 0 bridgehead atoms. The van der Waals surface area contributed by atoms with Gasteiger partial charge in [0.05, 0.1) is 23.1 Å². The van der Waals surface area contributed by atoms with Gasteiger partial charge in [0.1, 0.15) is 0 Å². The minimum atomic E-state index is -0.323. The number of nitrogens with zero attached hydrogens (tertiary/aromatic N) is 2. The van der Waals surface area contributed by atoms with E-state index in [2.05, 4.69) is 6.07 Å². The first-order valence-electron chi connectivity index (χ1n) is 6.97. The van der Waals surface area contributed by atoms with Gasteiger partial charge in [-0.05, 0) is 35.0 Å². The summed E-state index contributed by atoms with van der Waals surface area (Å²) < 4.78 is 0. The normalized spacial score (nSPS) is 16.0. The Bertz CT molecular complexity index is 838. The van der Waals surface area contributed by atoms with Gasteiger partial charge in [-0.3, -0.25) is 14.5 Å². The van der Waals surface area contributed by atoms with Crippen LogP contribution in [-0.2, 0) is 11.3 Å². The van der Waals surface area contributed by atoms with Crippen molar-refractivity contribution in [1.82, 2.24) is 4.90 Å². The summed E-state index contributed by atoms with van der Waals surface area (Å²) in [4.78, 5) is 26.2. The summed E-state index contributed by atoms with van der Waals surface area (Å²) in [5.74, 6) is -0.323. The molecule has 0 aromatic heterocycles. The molecule has 2 aromatic carbocycles. The Morgan fingerprint density at radius 1 is 1.04 bits per heavy atom. The van der Waals surface area contributed by atoms with Crippen molar-refractivity contribution in [2.24, 2.45) is 0 Å². The number of carbonyl (C=O) groups excluding carboxylic acids is 2. The van der Waals surface area contributed by atoms with E-state index in [1.54, 1.807) is 30.3 Å². The highest BCUT2D eigenvalue weighted by Gasteiger charge is 2.35. The zero-order chi connectivity index (χ0) is 16.2. The summed E-state index contributed by atoms with van der Waals surface area (Å²) in [6, 6.07) is 18.4. The molecule has 0 N–H and O–H groups in total. The third-order valence-corrected chi connectivity index (χ3v) is 4.34. The Kier molecular flexibility index (Phi) is 4.26. The number of amides is 2. The molecule has 1 heterocycles. The fraction of sp³-hybridized carbons (Fsp3) is 0.0556. The Hall–Kier alpha value is -2.84. The smallest absolute Gasteiger partial charge is 0.268 e. The average molecular weight is 320 g/mol. The Balaban J connectivity index is 1.85. The van der Waals surface area contributed by atoms with E-state index in [4.69, 9.17) is 5.26 Å². The lowest BCUT2D eigenvalue weighted by molar-refractivity contribution is -0.123. The maximum absolute atomic E-state index is 12.5. The number of hydrogen-bond donors (Lipinski definition) is 0. The van der Waals surface area contributed by atoms with E-state index < -0.39 is 0 Å². The highest BCUT2D eigenvalue weighted by molar-refractivity contribution is 8.18. The topological polar surface area (TPSA) is 61.2 Å². The molecule has 1 aliphatic rings. The molecule has 23 heavy (non-hydrogen) atoms. The predicted molar refractivity (Wildman–Crippen MR) is 89.1 cm³/mol. The molecule has 2 amide bonds. The third kappa shape index (κ3) is 3.17. The van der Waals surface area contributed by atoms with Gasteiger partial charge in [-0.15, -0.1) is 0 Å². The van der Waals surface area contributed by atoms with E-state index in [0.717, 1.165) is 17.3 Å². The molecule has 1 saturated heterocycles. The van der Waals surface area contributed by atoms with Crippen LogP contribution in [0.1, 0.15) is 16.7 Å². The lowest BCUT2D eigenvalue weighted by atomic mass is 10.1. The second-order valence-electron chi connectivity index (χ2n) is 4.95. The van der Waals surface area contributed by atoms with Crippen LogP contribution in [0.4, 0.5) is 4.79 Å². The number of benzene rings is 2. The number of carbonyl (C=O) groups is 2. The van der Waals surface area contributed by atoms with Crippen LogP contribution in [0.3, 0.4) is 0 Å². The Labute approximate surface area is 138 Å². The van der Waals surface area contributed by atoms with Crippen molar-refractivity contribution in [3.05, 3.63) is 76.2 Å². The second-order valence-corrected chi connectivity index (χ2v) is 5.94. The van der Waals surface area contributed by atoms with Crippen molar-refractivity contribution in [3.8, 4) is 6.07 Å². The van der Waals surface area contributed by atoms with Gasteiger partial charge in [0.2, 0.25) is 0 Å². The van der Waals surface area contributed by atoms with Gasteiger partial charge in [0.15, 0.2) is 0 Å². The predicted octanol–water partition coefficient (Wildman–Crippen LogP) is 3.79. The van der Waals surface area contributed by atoms with E-state index in [1.165, 1.54) is 4.90 Å². The molecule has 1 fully saturated rings. The van der Waals surface area contributed by atoms with Crippen LogP contribution in [0.5, 0.6) is 0 Å². The van der Waals surface area contributed by atoms with Gasteiger partial charge in [0.25, 0.3) is 11.1 Å². The fourth-order valence-corrected chi connectivity index (χ4v) is 3.11. The zero-order valence-electron chi connectivity index (χ0n) is 12.1. The van der Waals surface area contributed by atoms with E-state index in [1.807, 2.05) is 30.3 Å². The van der Waals surface area contributed by atoms with Crippen LogP contribution in [0.15, 0.2) is 59.5 Å². The molecule has 0 spiro atoms. The van der Waals surface area contributed by atoms with Crippen LogP contribution in [0.25, 0.3) is 6.08 Å². The highest BCUT2D eigenvalue weighted by atomic mass is 32.2. The van der Waals surface area contributed by atoms with Gasteiger partial charge < -0.3 is 0 Å². The molecule has 0 radical (unpaired) electrons. The molecule has 1 aliphatic heterocycles. The molecular weight excluding hydrogens is 308 g/mol. The van der Waals surface area contributed by atoms with Crippen molar-refractivity contribution in [2.75, 3.05) is 0 Å². The van der Waals surface area contributed by atoms with Gasteiger partial charge in [-0.2, -0.15) is 5.26 Å². The third-order valence-electron chi connectivity index (χ3n) is 3.44. The quantitative estimate of drug-likeness (QED) is 0.807. The molecule has 4 nitrogen and oxygen atoms in total. The summed E-state index contributed by atoms with van der Waals surface area (Å²) in [6.45, 7) is 0.112. The van der Waals surface area contributed by atoms with Crippen molar-refractivity contribution in [2.45, 2.75) is 6.54 Å². The maximum atomic E-state index is 12.5. The van der Waals surface area contributed by atoms with Gasteiger partial charge in [-0.25, -0.2) is 0 Å². The molecule has 5 heteroatoms. The van der Waals surface area contributed by atoms with Gasteiger partial charge in [0, 0.05) is 0 Å². The largest absolute Gasteiger partial charge is 0.293 e. The number of rotatable bonds is 3. The van der Waals surface area contributed by atoms with Crippen molar-refractivity contribution >= 4 is 29.0 Å². The van der Waals surface area contributed by atoms with Crippen LogP contribution in [0, 0.1) is 11.3 Å². The minimum Gasteiger partial charge on any atom is -0.268 e. The summed E-state index contributed by atoms with van der Waals surface area (Å²) >= 11 is 0.925. The molecule has 2 aromatic rings. The summed E-state index contributed by atoms with van der Waals surface area (Å²) in [5, 5.41) is 8.80. The van der Waals surface area contributed by atoms with Crippen LogP contribution in [0.2, 0.25) is 0 Å². The fourth-order valence-electron chi connectivity index (χ4n) is 2.27. The summed E-state index contributed by atoms with van der Waals surface area (Å²) in [6.07, 6.45) is 1.71. The lowest BCUT2D eigenvalue weighted by Crippen LogP contribution is -2.27. The Morgan fingerprint density at radius 3 is 2.48 bits per heavy atom. The molecular formula is C18H12N2O2S.